The molecule has 2 N–H and O–H groups in total. The molecule has 1 aliphatic heterocycles. The van der Waals surface area contributed by atoms with Crippen LogP contribution in [-0.4, -0.2) is 37.6 Å². The molecular weight excluding hydrogens is 370 g/mol. The number of aromatic nitrogens is 5. The van der Waals surface area contributed by atoms with Gasteiger partial charge in [0, 0.05) is 18.0 Å². The van der Waals surface area contributed by atoms with Crippen LogP contribution in [0.5, 0.6) is 0 Å². The summed E-state index contributed by atoms with van der Waals surface area (Å²) < 4.78 is 1.79. The lowest BCUT2D eigenvalue weighted by Crippen LogP contribution is -3.10. The fraction of sp³-hybridized carbons (Fsp3) is 0.400. The van der Waals surface area contributed by atoms with Crippen LogP contribution in [0.15, 0.2) is 30.3 Å². The van der Waals surface area contributed by atoms with Gasteiger partial charge in [-0.25, -0.2) is 0 Å². The first-order chi connectivity index (χ1) is 13.7. The zero-order valence-electron chi connectivity index (χ0n) is 16.1. The molecule has 0 aliphatic carbocycles. The molecule has 4 heterocycles. The predicted molar refractivity (Wildman–Crippen MR) is 111 cm³/mol. The van der Waals surface area contributed by atoms with Gasteiger partial charge in [0.1, 0.15) is 23.7 Å². The predicted octanol–water partition coefficient (Wildman–Crippen LogP) is 2.09. The zero-order chi connectivity index (χ0) is 19.1. The molecule has 0 bridgehead atoms. The Morgan fingerprint density at radius 3 is 2.96 bits per heavy atom. The highest BCUT2D eigenvalue weighted by molar-refractivity contribution is 7.19. The maximum atomic E-state index is 4.73. The first kappa shape index (κ1) is 17.5. The van der Waals surface area contributed by atoms with E-state index in [1.54, 1.807) is 9.42 Å². The number of fused-ring (bicyclic) bond motifs is 5. The summed E-state index contributed by atoms with van der Waals surface area (Å²) in [4.78, 5) is 8.87. The monoisotopic (exact) mass is 394 g/mol. The number of quaternary nitrogens is 1. The minimum absolute atomic E-state index is 0.355. The highest BCUT2D eigenvalue weighted by atomic mass is 32.1. The van der Waals surface area contributed by atoms with Crippen molar-refractivity contribution in [3.05, 3.63) is 46.3 Å². The number of benzene rings is 1. The molecule has 0 spiro atoms. The van der Waals surface area contributed by atoms with Crippen LogP contribution in [0, 0.1) is 0 Å². The van der Waals surface area contributed by atoms with Crippen molar-refractivity contribution in [1.29, 1.82) is 0 Å². The van der Waals surface area contributed by atoms with Crippen LogP contribution in [0.1, 0.15) is 36.3 Å². The average Bonchev–Trinajstić information content (AvgIpc) is 3.32. The van der Waals surface area contributed by atoms with Crippen molar-refractivity contribution in [3.8, 4) is 0 Å². The van der Waals surface area contributed by atoms with Crippen LogP contribution in [0.25, 0.3) is 16.0 Å². The smallest absolute Gasteiger partial charge is 0.276 e. The van der Waals surface area contributed by atoms with Gasteiger partial charge < -0.3 is 10.2 Å². The van der Waals surface area contributed by atoms with E-state index >= 15 is 0 Å². The van der Waals surface area contributed by atoms with E-state index in [-0.39, 0.29) is 0 Å². The van der Waals surface area contributed by atoms with Crippen LogP contribution >= 0.6 is 11.3 Å². The maximum absolute atomic E-state index is 4.73. The van der Waals surface area contributed by atoms with E-state index < -0.39 is 0 Å². The van der Waals surface area contributed by atoms with Crippen molar-refractivity contribution < 1.29 is 4.90 Å². The number of thiophene rings is 1. The molecular formula is C20H24N7S+. The molecule has 4 aromatic rings. The van der Waals surface area contributed by atoms with Crippen LogP contribution in [0.4, 0.5) is 5.82 Å². The number of nitrogens with zero attached hydrogens (tertiary/aromatic N) is 5. The molecule has 28 heavy (non-hydrogen) atoms. The molecule has 0 amide bonds. The van der Waals surface area contributed by atoms with Crippen LogP contribution in [0.3, 0.4) is 0 Å². The van der Waals surface area contributed by atoms with Gasteiger partial charge in [-0.3, -0.25) is 0 Å². The molecule has 1 unspecified atom stereocenters. The summed E-state index contributed by atoms with van der Waals surface area (Å²) in [6.07, 6.45) is 2.10. The zero-order valence-corrected chi connectivity index (χ0v) is 17.0. The van der Waals surface area contributed by atoms with Gasteiger partial charge in [-0.2, -0.15) is 9.50 Å². The van der Waals surface area contributed by atoms with Crippen LogP contribution in [0.2, 0.25) is 0 Å². The number of hydrogen-bond donors (Lipinski definition) is 2. The third-order valence-electron chi connectivity index (χ3n) is 5.60. The van der Waals surface area contributed by atoms with Gasteiger partial charge >= 0.3 is 0 Å². The normalized spacial score (nSPS) is 17.7. The Hall–Kier alpha value is -2.58. The van der Waals surface area contributed by atoms with E-state index in [4.69, 9.17) is 4.98 Å². The summed E-state index contributed by atoms with van der Waals surface area (Å²) in [5.74, 6) is 1.49. The minimum Gasteiger partial charge on any atom is -0.367 e. The molecule has 8 heteroatoms. The van der Waals surface area contributed by atoms with E-state index in [9.17, 15) is 0 Å². The Kier molecular flexibility index (Phi) is 4.44. The van der Waals surface area contributed by atoms with E-state index in [0.29, 0.717) is 11.8 Å². The molecule has 1 aliphatic rings. The third-order valence-corrected chi connectivity index (χ3v) is 6.81. The van der Waals surface area contributed by atoms with Crippen molar-refractivity contribution >= 4 is 33.1 Å². The van der Waals surface area contributed by atoms with Gasteiger partial charge in [0.2, 0.25) is 0 Å². The van der Waals surface area contributed by atoms with Gasteiger partial charge in [0.15, 0.2) is 0 Å². The quantitative estimate of drug-likeness (QED) is 0.542. The topological polar surface area (TPSA) is 72.4 Å². The molecule has 0 fully saturated rings. The third kappa shape index (κ3) is 3.02. The Morgan fingerprint density at radius 2 is 2.14 bits per heavy atom. The van der Waals surface area contributed by atoms with E-state index in [2.05, 4.69) is 65.0 Å². The average molecular weight is 395 g/mol. The van der Waals surface area contributed by atoms with E-state index in [1.165, 1.54) is 21.4 Å². The van der Waals surface area contributed by atoms with Gasteiger partial charge in [0.25, 0.3) is 5.78 Å². The fourth-order valence-corrected chi connectivity index (χ4v) is 5.29. The van der Waals surface area contributed by atoms with Gasteiger partial charge in [-0.15, -0.1) is 11.3 Å². The largest absolute Gasteiger partial charge is 0.367 e. The number of anilines is 1. The molecule has 7 nitrogen and oxygen atoms in total. The lowest BCUT2D eigenvalue weighted by molar-refractivity contribution is -0.929. The summed E-state index contributed by atoms with van der Waals surface area (Å²) in [5, 5.41) is 16.9. The Bertz CT molecular complexity index is 1120. The number of hydrogen-bond acceptors (Lipinski definition) is 6. The first-order valence-electron chi connectivity index (χ1n) is 9.89. The van der Waals surface area contributed by atoms with Crippen LogP contribution < -0.4 is 10.2 Å². The number of rotatable bonds is 5. The molecule has 1 aromatic carbocycles. The Labute approximate surface area is 167 Å². The fourth-order valence-electron chi connectivity index (χ4n) is 3.93. The van der Waals surface area contributed by atoms with Crippen LogP contribution in [-0.2, 0) is 19.5 Å². The van der Waals surface area contributed by atoms with Crippen molar-refractivity contribution in [2.24, 2.45) is 0 Å². The maximum Gasteiger partial charge on any atom is 0.276 e. The summed E-state index contributed by atoms with van der Waals surface area (Å²) in [6.45, 7) is 7.59. The van der Waals surface area contributed by atoms with E-state index in [1.807, 2.05) is 11.3 Å². The first-order valence-corrected chi connectivity index (χ1v) is 10.7. The molecule has 144 valence electrons. The Balaban J connectivity index is 1.55. The summed E-state index contributed by atoms with van der Waals surface area (Å²) >= 11 is 1.82. The van der Waals surface area contributed by atoms with E-state index in [0.717, 1.165) is 43.1 Å². The number of nitrogens with one attached hydrogen (secondary N) is 2. The number of tetrazole rings is 1. The molecule has 2 atom stereocenters. The Morgan fingerprint density at radius 1 is 1.29 bits per heavy atom. The van der Waals surface area contributed by atoms with Crippen molar-refractivity contribution in [3.63, 3.8) is 0 Å². The second kappa shape index (κ2) is 7.10. The second-order valence-electron chi connectivity index (χ2n) is 7.58. The summed E-state index contributed by atoms with van der Waals surface area (Å²) in [7, 11) is 0. The van der Waals surface area contributed by atoms with Crippen molar-refractivity contribution in [2.75, 3.05) is 11.9 Å². The summed E-state index contributed by atoms with van der Waals surface area (Å²) in [5.41, 5.74) is 2.82. The second-order valence-corrected chi connectivity index (χ2v) is 8.66. The highest BCUT2D eigenvalue weighted by Crippen LogP contribution is 2.36. The lowest BCUT2D eigenvalue weighted by Gasteiger charge is -2.24. The minimum atomic E-state index is 0.355. The van der Waals surface area contributed by atoms with Crippen molar-refractivity contribution in [1.82, 2.24) is 25.0 Å². The van der Waals surface area contributed by atoms with Crippen molar-refractivity contribution in [2.45, 2.75) is 45.8 Å². The standard InChI is InChI=1S/C20H23N7S/c1-3-13(2)21-18-17-15-9-10-26(11-14-7-5-4-6-8-14)12-16(15)28-19(17)27-20(22-18)23-24-25-27/h4-8,13H,3,9-12H2,1-2H3,(H,21,22,23,25)/p+1/t13-/m1/s1. The molecule has 3 aromatic heterocycles. The van der Waals surface area contributed by atoms with Gasteiger partial charge in [-0.1, -0.05) is 42.4 Å². The lowest BCUT2D eigenvalue weighted by atomic mass is 10.0. The SMILES string of the molecule is CC[C@@H](C)Nc1nc2nnnn2c2sc3c(c12)CC[NH+](Cc1ccccc1)C3. The molecule has 0 saturated carbocycles. The molecule has 5 rings (SSSR count). The van der Waals surface area contributed by atoms with Gasteiger partial charge in [0.05, 0.1) is 16.8 Å². The highest BCUT2D eigenvalue weighted by Gasteiger charge is 2.28. The molecule has 0 radical (unpaired) electrons. The summed E-state index contributed by atoms with van der Waals surface area (Å²) in [6, 6.07) is 11.1. The van der Waals surface area contributed by atoms with Gasteiger partial charge in [-0.05, 0) is 29.3 Å². The molecule has 0 saturated heterocycles.